The maximum absolute atomic E-state index is 7.11. The van der Waals surface area contributed by atoms with E-state index in [2.05, 4.69) is 60.5 Å². The summed E-state index contributed by atoms with van der Waals surface area (Å²) in [6.07, 6.45) is 9.58. The van der Waals surface area contributed by atoms with E-state index < -0.39 is 8.32 Å². The lowest BCUT2D eigenvalue weighted by atomic mass is 9.61. The number of nitrogens with zero attached hydrogens (tertiary/aromatic N) is 1. The molecule has 0 aromatic rings. The van der Waals surface area contributed by atoms with Crippen LogP contribution in [0, 0.1) is 28.6 Å². The molecule has 2 aliphatic carbocycles. The fraction of sp³-hybridized carbons (Fsp3) is 0.962. The zero-order chi connectivity index (χ0) is 22.6. The van der Waals surface area contributed by atoms with Crippen molar-refractivity contribution >= 4 is 14.0 Å². The summed E-state index contributed by atoms with van der Waals surface area (Å²) in [7, 11) is 0.136. The molecule has 4 heteroatoms. The van der Waals surface area contributed by atoms with E-state index in [1.807, 2.05) is 0 Å². The van der Waals surface area contributed by atoms with E-state index >= 15 is 0 Å². The van der Waals surface area contributed by atoms with Crippen molar-refractivity contribution in [1.29, 1.82) is 0 Å². The molecule has 0 aliphatic heterocycles. The van der Waals surface area contributed by atoms with Gasteiger partial charge in [0.15, 0.2) is 8.32 Å². The quantitative estimate of drug-likeness (QED) is 0.196. The van der Waals surface area contributed by atoms with Gasteiger partial charge in [0.25, 0.3) is 0 Å². The van der Waals surface area contributed by atoms with E-state index in [1.165, 1.54) is 62.4 Å². The predicted molar refractivity (Wildman–Crippen MR) is 133 cm³/mol. The molecule has 0 N–H and O–H groups in total. The first-order valence-electron chi connectivity index (χ1n) is 12.8. The molecule has 2 unspecified atom stereocenters. The van der Waals surface area contributed by atoms with E-state index in [0.29, 0.717) is 11.5 Å². The third-order valence-corrected chi connectivity index (χ3v) is 13.7. The molecule has 0 spiro atoms. The van der Waals surface area contributed by atoms with Crippen LogP contribution in [0.25, 0.3) is 0 Å². The van der Waals surface area contributed by atoms with Crippen molar-refractivity contribution in [1.82, 2.24) is 0 Å². The van der Waals surface area contributed by atoms with Crippen molar-refractivity contribution < 1.29 is 9.26 Å². The predicted octanol–water partition coefficient (Wildman–Crippen LogP) is 8.06. The van der Waals surface area contributed by atoms with Gasteiger partial charge in [0.05, 0.1) is 5.71 Å². The van der Waals surface area contributed by atoms with Crippen LogP contribution in [0.2, 0.25) is 18.1 Å². The Labute approximate surface area is 188 Å². The van der Waals surface area contributed by atoms with Gasteiger partial charge < -0.3 is 9.26 Å². The second-order valence-electron chi connectivity index (χ2n) is 11.6. The van der Waals surface area contributed by atoms with Crippen molar-refractivity contribution in [3.63, 3.8) is 0 Å². The van der Waals surface area contributed by atoms with E-state index in [4.69, 9.17) is 9.26 Å². The van der Waals surface area contributed by atoms with Crippen molar-refractivity contribution in [3.05, 3.63) is 0 Å². The zero-order valence-corrected chi connectivity index (χ0v) is 22.6. The largest absolute Gasteiger partial charge is 0.414 e. The summed E-state index contributed by atoms with van der Waals surface area (Å²) in [4.78, 5) is 5.16. The average Bonchev–Trinajstić information content (AvgIpc) is 3.06. The number of hydrogen-bond donors (Lipinski definition) is 0. The van der Waals surface area contributed by atoms with E-state index in [9.17, 15) is 0 Å². The first-order chi connectivity index (χ1) is 14.1. The Morgan fingerprint density at radius 1 is 1.10 bits per heavy atom. The monoisotopic (exact) mass is 437 g/mol. The maximum Gasteiger partial charge on any atom is 0.192 e. The lowest BCUT2D eigenvalue weighted by molar-refractivity contribution is -0.0200. The molecule has 0 aromatic heterocycles. The smallest absolute Gasteiger partial charge is 0.192 e. The highest BCUT2D eigenvalue weighted by atomic mass is 28.4. The summed E-state index contributed by atoms with van der Waals surface area (Å²) in [6, 6.07) is 3.82. The van der Waals surface area contributed by atoms with Gasteiger partial charge in [-0.3, -0.25) is 0 Å². The van der Waals surface area contributed by atoms with Gasteiger partial charge in [-0.1, -0.05) is 67.0 Å². The average molecular weight is 438 g/mol. The highest BCUT2D eigenvalue weighted by Crippen LogP contribution is 2.59. The van der Waals surface area contributed by atoms with Crippen LogP contribution in [0.1, 0.15) is 100 Å². The van der Waals surface area contributed by atoms with Gasteiger partial charge in [-0.25, -0.2) is 0 Å². The summed E-state index contributed by atoms with van der Waals surface area (Å²) in [6.45, 7) is 19.0. The molecule has 2 saturated carbocycles. The number of rotatable bonds is 10. The lowest BCUT2D eigenvalue weighted by Gasteiger charge is -2.49. The summed E-state index contributed by atoms with van der Waals surface area (Å²) in [5.74, 6) is 2.32. The molecular weight excluding hydrogens is 386 g/mol. The Bertz CT molecular complexity index is 558. The van der Waals surface area contributed by atoms with Crippen LogP contribution < -0.4 is 0 Å². The molecule has 0 bridgehead atoms. The minimum Gasteiger partial charge on any atom is -0.414 e. The summed E-state index contributed by atoms with van der Waals surface area (Å²) in [5, 5.41) is 4.37. The second kappa shape index (κ2) is 10.5. The molecule has 0 saturated heterocycles. The van der Waals surface area contributed by atoms with Crippen molar-refractivity contribution in [2.24, 2.45) is 33.7 Å². The molecule has 176 valence electrons. The van der Waals surface area contributed by atoms with Gasteiger partial charge in [-0.05, 0) is 79.8 Å². The first kappa shape index (κ1) is 25.9. The minimum atomic E-state index is -1.54. The summed E-state index contributed by atoms with van der Waals surface area (Å²) < 4.78 is 7.11. The lowest BCUT2D eigenvalue weighted by Crippen LogP contribution is -2.48. The molecule has 0 amide bonds. The zero-order valence-electron chi connectivity index (χ0n) is 21.6. The fourth-order valence-electron chi connectivity index (χ4n) is 6.79. The molecule has 0 heterocycles. The number of hydrogen-bond acceptors (Lipinski definition) is 3. The Balaban J connectivity index is 2.09. The molecule has 0 aromatic carbocycles. The molecule has 3 nitrogen and oxygen atoms in total. The molecule has 2 aliphatic rings. The van der Waals surface area contributed by atoms with Crippen LogP contribution in [0.15, 0.2) is 5.16 Å². The van der Waals surface area contributed by atoms with E-state index in [1.54, 1.807) is 7.11 Å². The number of oxime groups is 1. The van der Waals surface area contributed by atoms with Gasteiger partial charge >= 0.3 is 0 Å². The van der Waals surface area contributed by atoms with Gasteiger partial charge in [0.1, 0.15) is 7.11 Å². The highest BCUT2D eigenvalue weighted by molar-refractivity contribution is 6.73. The fourth-order valence-corrected chi connectivity index (χ4v) is 9.71. The number of fused-ring (bicyclic) bond motifs is 1. The normalized spacial score (nSPS) is 31.5. The molecule has 2 rings (SSSR count). The van der Waals surface area contributed by atoms with Crippen molar-refractivity contribution in [2.75, 3.05) is 7.11 Å². The van der Waals surface area contributed by atoms with Crippen molar-refractivity contribution in [2.45, 2.75) is 125 Å². The van der Waals surface area contributed by atoms with Crippen LogP contribution in [0.5, 0.6) is 0 Å². The van der Waals surface area contributed by atoms with Gasteiger partial charge in [-0.2, -0.15) is 0 Å². The molecule has 2 fully saturated rings. The van der Waals surface area contributed by atoms with Crippen LogP contribution in [-0.4, -0.2) is 27.2 Å². The van der Waals surface area contributed by atoms with E-state index in [0.717, 1.165) is 24.2 Å². The van der Waals surface area contributed by atoms with Gasteiger partial charge in [-0.15, -0.1) is 0 Å². The summed E-state index contributed by atoms with van der Waals surface area (Å²) in [5.41, 5.74) is 1.74. The molecule has 0 radical (unpaired) electrons. The van der Waals surface area contributed by atoms with Gasteiger partial charge in [0, 0.05) is 11.5 Å². The highest BCUT2D eigenvalue weighted by Gasteiger charge is 2.53. The maximum atomic E-state index is 7.11. The van der Waals surface area contributed by atoms with Crippen LogP contribution in [-0.2, 0) is 9.26 Å². The Morgan fingerprint density at radius 3 is 2.27 bits per heavy atom. The standard InChI is InChI=1S/C26H51NO2Si/c1-10-30(11-2,12-3)29-23-14-13-19-26(8)21(16-17-22(23)26)20(4)15-18-24(27-28-9)25(5,6)7/h20-23H,10-19H2,1-9H3/b27-24+/t20?,21-,22?,23+,26-/m1/s1. The Kier molecular flexibility index (Phi) is 9.07. The van der Waals surface area contributed by atoms with E-state index in [-0.39, 0.29) is 5.41 Å². The molecular formula is C26H51NO2Si. The van der Waals surface area contributed by atoms with Gasteiger partial charge in [0.2, 0.25) is 0 Å². The topological polar surface area (TPSA) is 30.8 Å². The Morgan fingerprint density at radius 2 is 1.73 bits per heavy atom. The van der Waals surface area contributed by atoms with Crippen LogP contribution in [0.3, 0.4) is 0 Å². The van der Waals surface area contributed by atoms with Crippen LogP contribution >= 0.6 is 0 Å². The third-order valence-electron chi connectivity index (χ3n) is 9.06. The SMILES string of the molecule is CC[Si](CC)(CC)O[C@H]1CCC[C@@]2(C)C1CC[C@@H]2C(C)CC/C(=N\OC)C(C)(C)C. The van der Waals surface area contributed by atoms with Crippen LogP contribution in [0.4, 0.5) is 0 Å². The minimum absolute atomic E-state index is 0.0794. The van der Waals surface area contributed by atoms with Crippen molar-refractivity contribution in [3.8, 4) is 0 Å². The Hall–Kier alpha value is -0.353. The second-order valence-corrected chi connectivity index (χ2v) is 16.3. The molecule has 30 heavy (non-hydrogen) atoms. The first-order valence-corrected chi connectivity index (χ1v) is 15.4. The third kappa shape index (κ3) is 5.52. The summed E-state index contributed by atoms with van der Waals surface area (Å²) >= 11 is 0. The molecule has 5 atom stereocenters.